The van der Waals surface area contributed by atoms with Crippen LogP contribution in [-0.4, -0.2) is 15.5 Å². The third-order valence-corrected chi connectivity index (χ3v) is 5.48. The van der Waals surface area contributed by atoms with Gasteiger partial charge < -0.3 is 9.64 Å². The molecule has 2 aromatic carbocycles. The maximum absolute atomic E-state index is 13.7. The molecule has 0 saturated carbocycles. The Morgan fingerprint density at radius 3 is 2.54 bits per heavy atom. The number of fused-ring (bicyclic) bond motifs is 1. The van der Waals surface area contributed by atoms with E-state index in [9.17, 15) is 18.1 Å². The highest BCUT2D eigenvalue weighted by molar-refractivity contribution is 7.95. The zero-order chi connectivity index (χ0) is 17.5. The summed E-state index contributed by atoms with van der Waals surface area (Å²) in [5.74, 6) is 0.0822. The van der Waals surface area contributed by atoms with Crippen molar-refractivity contribution in [2.45, 2.75) is 11.8 Å². The summed E-state index contributed by atoms with van der Waals surface area (Å²) < 4.78 is 43.8. The first-order valence-electron chi connectivity index (χ1n) is 6.99. The molecule has 1 heterocycles. The van der Waals surface area contributed by atoms with Gasteiger partial charge in [-0.15, -0.1) is 0 Å². The summed E-state index contributed by atoms with van der Waals surface area (Å²) in [7, 11) is -2.41. The van der Waals surface area contributed by atoms with Gasteiger partial charge in [-0.05, 0) is 48.9 Å². The van der Waals surface area contributed by atoms with Crippen molar-refractivity contribution in [2.24, 2.45) is 0 Å². The third-order valence-electron chi connectivity index (χ3n) is 3.78. The van der Waals surface area contributed by atoms with E-state index in [0.717, 1.165) is 17.7 Å². The van der Waals surface area contributed by atoms with Gasteiger partial charge >= 0.3 is 0 Å². The molecule has 0 N–H and O–H groups in total. The van der Waals surface area contributed by atoms with Gasteiger partial charge in [0.2, 0.25) is 9.84 Å². The van der Waals surface area contributed by atoms with Crippen LogP contribution in [-0.2, 0) is 9.84 Å². The average Bonchev–Trinajstić information content (AvgIpc) is 2.55. The standard InChI is InChI=1S/C17H13FN2O3S/c1-11-7-13(23-2)4-5-15(11)20-10-14(9-19)24(21,22)17-6-3-12(18)8-16(17)20/h3-8,10H,1-2H3. The molecule has 0 bridgehead atoms. The summed E-state index contributed by atoms with van der Waals surface area (Å²) in [6.07, 6.45) is 1.21. The smallest absolute Gasteiger partial charge is 0.220 e. The lowest BCUT2D eigenvalue weighted by molar-refractivity contribution is 0.414. The number of rotatable bonds is 2. The second-order valence-electron chi connectivity index (χ2n) is 5.24. The Morgan fingerprint density at radius 2 is 1.92 bits per heavy atom. The second-order valence-corrected chi connectivity index (χ2v) is 7.13. The topological polar surface area (TPSA) is 70.4 Å². The molecule has 24 heavy (non-hydrogen) atoms. The lowest BCUT2D eigenvalue weighted by Gasteiger charge is -2.28. The predicted molar refractivity (Wildman–Crippen MR) is 87.2 cm³/mol. The SMILES string of the molecule is COc1ccc(N2C=C(C#N)S(=O)(=O)c3ccc(F)cc32)c(C)c1. The summed E-state index contributed by atoms with van der Waals surface area (Å²) >= 11 is 0. The molecule has 2 aromatic rings. The summed E-state index contributed by atoms with van der Waals surface area (Å²) in [5.41, 5.74) is 1.59. The van der Waals surface area contributed by atoms with E-state index in [4.69, 9.17) is 4.74 Å². The number of allylic oxidation sites excluding steroid dienone is 1. The molecular formula is C17H13FN2O3S. The van der Waals surface area contributed by atoms with Crippen LogP contribution in [0.2, 0.25) is 0 Å². The van der Waals surface area contributed by atoms with Crippen LogP contribution in [0.25, 0.3) is 0 Å². The number of benzene rings is 2. The van der Waals surface area contributed by atoms with Crippen molar-refractivity contribution in [1.29, 1.82) is 5.26 Å². The largest absolute Gasteiger partial charge is 0.497 e. The molecule has 5 nitrogen and oxygen atoms in total. The fourth-order valence-electron chi connectivity index (χ4n) is 2.59. The van der Waals surface area contributed by atoms with Crippen LogP contribution in [0.4, 0.5) is 15.8 Å². The molecule has 0 spiro atoms. The predicted octanol–water partition coefficient (Wildman–Crippen LogP) is 3.43. The molecule has 122 valence electrons. The zero-order valence-corrected chi connectivity index (χ0v) is 13.8. The Labute approximate surface area is 139 Å². The number of nitrogens with zero attached hydrogens (tertiary/aromatic N) is 2. The number of anilines is 2. The average molecular weight is 344 g/mol. The fourth-order valence-corrected chi connectivity index (χ4v) is 3.88. The van der Waals surface area contributed by atoms with Gasteiger partial charge in [0.15, 0.2) is 4.91 Å². The van der Waals surface area contributed by atoms with Crippen LogP contribution >= 0.6 is 0 Å². The number of methoxy groups -OCH3 is 1. The molecule has 0 aliphatic carbocycles. The molecule has 7 heteroatoms. The molecule has 0 radical (unpaired) electrons. The summed E-state index contributed by atoms with van der Waals surface area (Å²) in [4.78, 5) is 1.02. The molecule has 1 aliphatic rings. The van der Waals surface area contributed by atoms with Gasteiger partial charge in [-0.25, -0.2) is 12.8 Å². The lowest BCUT2D eigenvalue weighted by Crippen LogP contribution is -2.22. The van der Waals surface area contributed by atoms with E-state index in [1.165, 1.54) is 17.2 Å². The number of sulfone groups is 1. The summed E-state index contributed by atoms with van der Waals surface area (Å²) in [6.45, 7) is 1.82. The van der Waals surface area contributed by atoms with Gasteiger partial charge in [0, 0.05) is 11.9 Å². The number of halogens is 1. The van der Waals surface area contributed by atoms with E-state index < -0.39 is 20.6 Å². The van der Waals surface area contributed by atoms with Crippen molar-refractivity contribution < 1.29 is 17.5 Å². The van der Waals surface area contributed by atoms with E-state index in [2.05, 4.69) is 0 Å². The van der Waals surface area contributed by atoms with E-state index in [-0.39, 0.29) is 10.6 Å². The Hall–Kier alpha value is -2.85. The minimum atomic E-state index is -3.95. The van der Waals surface area contributed by atoms with Crippen LogP contribution in [0, 0.1) is 24.1 Å². The highest BCUT2D eigenvalue weighted by Gasteiger charge is 2.32. The number of ether oxygens (including phenoxy) is 1. The molecule has 0 atom stereocenters. The number of aryl methyl sites for hydroxylation is 1. The van der Waals surface area contributed by atoms with Crippen molar-refractivity contribution in [3.05, 3.63) is 58.9 Å². The first-order chi connectivity index (χ1) is 11.4. The quantitative estimate of drug-likeness (QED) is 0.781. The molecule has 0 unspecified atom stereocenters. The Kier molecular flexibility index (Phi) is 3.78. The highest BCUT2D eigenvalue weighted by Crippen LogP contribution is 2.41. The number of nitriles is 1. The van der Waals surface area contributed by atoms with Crippen molar-refractivity contribution in [3.8, 4) is 11.8 Å². The molecule has 3 rings (SSSR count). The van der Waals surface area contributed by atoms with Crippen molar-refractivity contribution in [1.82, 2.24) is 0 Å². The van der Waals surface area contributed by atoms with E-state index in [0.29, 0.717) is 11.4 Å². The lowest BCUT2D eigenvalue weighted by atomic mass is 10.1. The minimum Gasteiger partial charge on any atom is -0.497 e. The zero-order valence-electron chi connectivity index (χ0n) is 12.9. The van der Waals surface area contributed by atoms with Crippen LogP contribution < -0.4 is 9.64 Å². The Balaban J connectivity index is 2.29. The van der Waals surface area contributed by atoms with E-state index in [1.807, 2.05) is 6.92 Å². The van der Waals surface area contributed by atoms with E-state index in [1.54, 1.807) is 31.4 Å². The highest BCUT2D eigenvalue weighted by atomic mass is 32.2. The minimum absolute atomic E-state index is 0.0989. The first-order valence-corrected chi connectivity index (χ1v) is 8.47. The van der Waals surface area contributed by atoms with Gasteiger partial charge in [0.25, 0.3) is 0 Å². The van der Waals surface area contributed by atoms with Gasteiger partial charge in [-0.1, -0.05) is 0 Å². The monoisotopic (exact) mass is 344 g/mol. The normalized spacial score (nSPS) is 15.2. The Morgan fingerprint density at radius 1 is 1.17 bits per heavy atom. The van der Waals surface area contributed by atoms with Crippen molar-refractivity contribution in [2.75, 3.05) is 12.0 Å². The first kappa shape index (κ1) is 16.0. The Bertz CT molecular complexity index is 1010. The molecule has 0 aromatic heterocycles. The summed E-state index contributed by atoms with van der Waals surface area (Å²) in [6, 6.07) is 10.3. The molecule has 0 saturated heterocycles. The molecule has 1 aliphatic heterocycles. The molecule has 0 amide bonds. The maximum atomic E-state index is 13.7. The van der Waals surface area contributed by atoms with Crippen LogP contribution in [0.3, 0.4) is 0 Å². The van der Waals surface area contributed by atoms with Crippen molar-refractivity contribution in [3.63, 3.8) is 0 Å². The van der Waals surface area contributed by atoms with Gasteiger partial charge in [0.1, 0.15) is 17.6 Å². The van der Waals surface area contributed by atoms with Crippen molar-refractivity contribution >= 4 is 21.2 Å². The molecule has 0 fully saturated rings. The number of hydrogen-bond donors (Lipinski definition) is 0. The maximum Gasteiger partial charge on any atom is 0.220 e. The van der Waals surface area contributed by atoms with E-state index >= 15 is 0 Å². The molecular weight excluding hydrogens is 331 g/mol. The van der Waals surface area contributed by atoms with Crippen LogP contribution in [0.5, 0.6) is 5.75 Å². The summed E-state index contributed by atoms with van der Waals surface area (Å²) in [5, 5.41) is 9.20. The van der Waals surface area contributed by atoms with Crippen LogP contribution in [0.1, 0.15) is 5.56 Å². The number of hydrogen-bond acceptors (Lipinski definition) is 5. The van der Waals surface area contributed by atoms with Gasteiger partial charge in [-0.2, -0.15) is 5.26 Å². The third kappa shape index (κ3) is 2.41. The van der Waals surface area contributed by atoms with Gasteiger partial charge in [-0.3, -0.25) is 0 Å². The second kappa shape index (κ2) is 5.65. The van der Waals surface area contributed by atoms with Gasteiger partial charge in [0.05, 0.1) is 17.7 Å². The van der Waals surface area contributed by atoms with Crippen LogP contribution in [0.15, 0.2) is 52.4 Å². The fraction of sp³-hybridized carbons (Fsp3) is 0.118.